The second kappa shape index (κ2) is 12.6. The molecule has 16 heteroatoms. The fraction of sp³-hybridized carbons (Fsp3) is 0.192. The zero-order chi connectivity index (χ0) is 30.8. The van der Waals surface area contributed by atoms with E-state index in [0.717, 1.165) is 11.3 Å². The van der Waals surface area contributed by atoms with Crippen LogP contribution in [0.15, 0.2) is 51.2 Å². The maximum Gasteiger partial charge on any atom is 0.343 e. The topological polar surface area (TPSA) is 181 Å². The van der Waals surface area contributed by atoms with Crippen molar-refractivity contribution in [2.75, 3.05) is 10.0 Å². The van der Waals surface area contributed by atoms with Gasteiger partial charge in [0.25, 0.3) is 21.8 Å². The molecule has 4 rings (SSSR count). The second-order valence-corrected chi connectivity index (χ2v) is 12.0. The van der Waals surface area contributed by atoms with E-state index >= 15 is 0 Å². The molecule has 2 aromatic heterocycles. The number of rotatable bonds is 10. The van der Waals surface area contributed by atoms with E-state index in [9.17, 15) is 18.0 Å². The van der Waals surface area contributed by atoms with Crippen molar-refractivity contribution in [1.82, 2.24) is 10.5 Å². The maximum absolute atomic E-state index is 13.3. The molecule has 1 amide bonds. The Hall–Kier alpha value is -3.83. The van der Waals surface area contributed by atoms with E-state index in [1.54, 1.807) is 45.9 Å². The molecular weight excluding hydrogens is 612 g/mol. The smallest absolute Gasteiger partial charge is 0.343 e. The average molecular weight is 637 g/mol. The number of nitrogens with zero attached hydrogens (tertiary/aromatic N) is 2. The standard InChI is InChI=1S/C26H25ClN4O9S2/c1-13-11-14(2)22(39-26(33)18-7-5-17(6-8-18)12-38-31(34)35)15(3)21(13)28-24(32)23-19(9-10-41-23)42(36,37)30-25-20(27)16(4)29-40-25/h5-11,30,34-35H,12H2,1-4H3,(H,28,32). The maximum atomic E-state index is 13.3. The van der Waals surface area contributed by atoms with Gasteiger partial charge in [-0.2, -0.15) is 0 Å². The van der Waals surface area contributed by atoms with E-state index in [-0.39, 0.29) is 38.6 Å². The lowest BCUT2D eigenvalue weighted by molar-refractivity contribution is -0.497. The number of hydrogen-bond donors (Lipinski definition) is 4. The van der Waals surface area contributed by atoms with Crippen LogP contribution in [-0.4, -0.2) is 41.3 Å². The number of sulfonamides is 1. The van der Waals surface area contributed by atoms with E-state index in [1.807, 2.05) is 0 Å². The summed E-state index contributed by atoms with van der Waals surface area (Å²) >= 11 is 6.96. The molecule has 0 radical (unpaired) electrons. The quantitative estimate of drug-likeness (QED) is 0.0993. The van der Waals surface area contributed by atoms with Gasteiger partial charge < -0.3 is 14.6 Å². The highest BCUT2D eigenvalue weighted by atomic mass is 35.5. The molecule has 2 aromatic carbocycles. The molecule has 4 N–H and O–H groups in total. The van der Waals surface area contributed by atoms with Gasteiger partial charge in [-0.15, -0.1) is 11.3 Å². The zero-order valence-electron chi connectivity index (χ0n) is 22.6. The molecule has 0 saturated heterocycles. The molecule has 2 heterocycles. The van der Waals surface area contributed by atoms with E-state index in [1.165, 1.54) is 23.6 Å². The van der Waals surface area contributed by atoms with Crippen molar-refractivity contribution in [2.45, 2.75) is 39.2 Å². The number of esters is 1. The molecule has 0 fully saturated rings. The highest BCUT2D eigenvalue weighted by molar-refractivity contribution is 7.93. The predicted molar refractivity (Wildman–Crippen MR) is 152 cm³/mol. The molecule has 0 spiro atoms. The molecule has 42 heavy (non-hydrogen) atoms. The van der Waals surface area contributed by atoms with Gasteiger partial charge in [0.1, 0.15) is 26.2 Å². The number of aryl methyl sites for hydroxylation is 3. The number of carbonyl (C=O) groups excluding carboxylic acids is 2. The third-order valence-electron chi connectivity index (χ3n) is 6.01. The number of carbonyl (C=O) groups is 2. The third kappa shape index (κ3) is 6.79. The normalized spacial score (nSPS) is 11.5. The number of halogens is 1. The molecule has 0 bridgehead atoms. The average Bonchev–Trinajstić information content (AvgIpc) is 3.56. The van der Waals surface area contributed by atoms with Crippen LogP contribution in [0.1, 0.15) is 48.0 Å². The Balaban J connectivity index is 1.55. The summed E-state index contributed by atoms with van der Waals surface area (Å²) in [6, 6.07) is 9.09. The summed E-state index contributed by atoms with van der Waals surface area (Å²) < 4.78 is 38.9. The van der Waals surface area contributed by atoms with Crippen molar-refractivity contribution >= 4 is 56.4 Å². The second-order valence-electron chi connectivity index (χ2n) is 9.04. The molecule has 0 aliphatic carbocycles. The van der Waals surface area contributed by atoms with Crippen LogP contribution >= 0.6 is 22.9 Å². The zero-order valence-corrected chi connectivity index (χ0v) is 25.0. The fourth-order valence-electron chi connectivity index (χ4n) is 3.98. The van der Waals surface area contributed by atoms with Crippen molar-refractivity contribution in [1.29, 1.82) is 0 Å². The number of nitrogens with one attached hydrogen (secondary N) is 2. The molecule has 0 saturated carbocycles. The van der Waals surface area contributed by atoms with Crippen LogP contribution in [-0.2, 0) is 21.5 Å². The van der Waals surface area contributed by atoms with Crippen LogP contribution in [0, 0.1) is 27.7 Å². The third-order valence-corrected chi connectivity index (χ3v) is 8.87. The first-order valence-electron chi connectivity index (χ1n) is 12.0. The van der Waals surface area contributed by atoms with Crippen LogP contribution in [0.5, 0.6) is 5.75 Å². The Morgan fingerprint density at radius 1 is 1.10 bits per heavy atom. The van der Waals surface area contributed by atoms with E-state index in [2.05, 4.69) is 20.0 Å². The SMILES string of the molecule is Cc1cc(C)c(OC(=O)c2ccc(CON(O)O)cc2)c(C)c1NC(=O)c1sccc1S(=O)(=O)Nc1onc(C)c1Cl. The minimum atomic E-state index is -4.26. The van der Waals surface area contributed by atoms with Crippen LogP contribution in [0.3, 0.4) is 0 Å². The van der Waals surface area contributed by atoms with Gasteiger partial charge in [-0.05, 0) is 68.0 Å². The number of ether oxygens (including phenoxy) is 1. The highest BCUT2D eigenvalue weighted by Crippen LogP contribution is 2.35. The summed E-state index contributed by atoms with van der Waals surface area (Å²) in [5.74, 6) is -1.41. The number of hydrogen-bond acceptors (Lipinski definition) is 12. The summed E-state index contributed by atoms with van der Waals surface area (Å²) in [4.78, 5) is 30.4. The number of amides is 1. The summed E-state index contributed by atoms with van der Waals surface area (Å²) in [7, 11) is -4.26. The van der Waals surface area contributed by atoms with Crippen LogP contribution in [0.4, 0.5) is 11.6 Å². The lowest BCUT2D eigenvalue weighted by Crippen LogP contribution is -2.19. The van der Waals surface area contributed by atoms with Crippen molar-refractivity contribution in [3.8, 4) is 5.75 Å². The van der Waals surface area contributed by atoms with Gasteiger partial charge in [0, 0.05) is 5.56 Å². The summed E-state index contributed by atoms with van der Waals surface area (Å²) in [5, 5.41) is 24.7. The first kappa shape index (κ1) is 31.1. The summed E-state index contributed by atoms with van der Waals surface area (Å²) in [5.41, 5.74) is 3.17. The van der Waals surface area contributed by atoms with Crippen LogP contribution in [0.25, 0.3) is 0 Å². The molecule has 222 valence electrons. The van der Waals surface area contributed by atoms with Crippen LogP contribution < -0.4 is 14.8 Å². The summed E-state index contributed by atoms with van der Waals surface area (Å²) in [6.07, 6.45) is 0. The van der Waals surface area contributed by atoms with Crippen molar-refractivity contribution in [2.24, 2.45) is 0 Å². The number of benzene rings is 2. The molecular formula is C26H25ClN4O9S2. The fourth-order valence-corrected chi connectivity index (χ4v) is 6.47. The molecule has 0 aliphatic rings. The Morgan fingerprint density at radius 3 is 2.40 bits per heavy atom. The molecule has 0 aliphatic heterocycles. The first-order valence-corrected chi connectivity index (χ1v) is 14.8. The molecule has 0 atom stereocenters. The lowest BCUT2D eigenvalue weighted by atomic mass is 10.0. The van der Waals surface area contributed by atoms with Gasteiger partial charge in [0.2, 0.25) is 0 Å². The van der Waals surface area contributed by atoms with Crippen molar-refractivity contribution in [3.05, 3.63) is 85.2 Å². The molecule has 4 aromatic rings. The van der Waals surface area contributed by atoms with E-state index in [4.69, 9.17) is 31.3 Å². The highest BCUT2D eigenvalue weighted by Gasteiger charge is 2.28. The van der Waals surface area contributed by atoms with Gasteiger partial charge >= 0.3 is 5.97 Å². The number of anilines is 2. The van der Waals surface area contributed by atoms with E-state index < -0.39 is 27.3 Å². The predicted octanol–water partition coefficient (Wildman–Crippen LogP) is 5.41. The first-order chi connectivity index (χ1) is 19.8. The minimum absolute atomic E-state index is 0.00233. The van der Waals surface area contributed by atoms with Crippen molar-refractivity contribution < 1.29 is 42.5 Å². The Bertz CT molecular complexity index is 1750. The molecule has 0 unspecified atom stereocenters. The monoisotopic (exact) mass is 636 g/mol. The Labute approximate surface area is 249 Å². The van der Waals surface area contributed by atoms with Gasteiger partial charge in [-0.25, -0.2) is 22.8 Å². The largest absolute Gasteiger partial charge is 0.422 e. The Morgan fingerprint density at radius 2 is 1.79 bits per heavy atom. The van der Waals surface area contributed by atoms with E-state index in [0.29, 0.717) is 33.6 Å². The van der Waals surface area contributed by atoms with Crippen molar-refractivity contribution in [3.63, 3.8) is 0 Å². The number of aromatic nitrogens is 1. The van der Waals surface area contributed by atoms with Crippen LogP contribution in [0.2, 0.25) is 5.02 Å². The van der Waals surface area contributed by atoms with Gasteiger partial charge in [-0.3, -0.25) is 15.2 Å². The van der Waals surface area contributed by atoms with Gasteiger partial charge in [-0.1, -0.05) is 35.0 Å². The minimum Gasteiger partial charge on any atom is -0.422 e. The van der Waals surface area contributed by atoms with Gasteiger partial charge in [0.05, 0.1) is 23.2 Å². The Kier molecular flexibility index (Phi) is 9.32. The molecule has 13 nitrogen and oxygen atoms in total. The lowest BCUT2D eigenvalue weighted by Gasteiger charge is -2.18. The van der Waals surface area contributed by atoms with Gasteiger partial charge in [0.15, 0.2) is 0 Å². The summed E-state index contributed by atoms with van der Waals surface area (Å²) in [6.45, 7) is 6.57. The number of thiophene rings is 1.